The highest BCUT2D eigenvalue weighted by molar-refractivity contribution is 5.28. The summed E-state index contributed by atoms with van der Waals surface area (Å²) in [5, 5.41) is 3.74. The number of hydrogen-bond donors (Lipinski definition) is 1. The van der Waals surface area contributed by atoms with E-state index in [1.165, 1.54) is 5.56 Å². The van der Waals surface area contributed by atoms with Gasteiger partial charge in [0.2, 0.25) is 5.88 Å². The van der Waals surface area contributed by atoms with Gasteiger partial charge in [-0.05, 0) is 24.1 Å². The van der Waals surface area contributed by atoms with Gasteiger partial charge in [-0.25, -0.2) is 0 Å². The number of hydrogen-bond acceptors (Lipinski definition) is 4. The Morgan fingerprint density at radius 1 is 1.31 bits per heavy atom. The fraction of sp³-hybridized carbons (Fsp3) is 0.250. The SMILES string of the molecule is CCc1ccc(OCc2cc(N)on2)cc1. The normalized spacial score (nSPS) is 10.3. The van der Waals surface area contributed by atoms with E-state index in [4.69, 9.17) is 15.0 Å². The molecular weight excluding hydrogens is 204 g/mol. The highest BCUT2D eigenvalue weighted by Gasteiger charge is 2.01. The van der Waals surface area contributed by atoms with E-state index in [0.717, 1.165) is 12.2 Å². The van der Waals surface area contributed by atoms with Crippen LogP contribution >= 0.6 is 0 Å². The Hall–Kier alpha value is -1.97. The van der Waals surface area contributed by atoms with Crippen LogP contribution in [0, 0.1) is 0 Å². The summed E-state index contributed by atoms with van der Waals surface area (Å²) >= 11 is 0. The number of nitrogen functional groups attached to an aromatic ring is 1. The van der Waals surface area contributed by atoms with Crippen LogP contribution in [-0.2, 0) is 13.0 Å². The van der Waals surface area contributed by atoms with E-state index in [-0.39, 0.29) is 0 Å². The number of benzene rings is 1. The zero-order valence-corrected chi connectivity index (χ0v) is 9.14. The number of aromatic nitrogens is 1. The summed E-state index contributed by atoms with van der Waals surface area (Å²) in [6.07, 6.45) is 1.03. The van der Waals surface area contributed by atoms with Crippen LogP contribution in [0.15, 0.2) is 34.9 Å². The molecule has 2 rings (SSSR count). The summed E-state index contributed by atoms with van der Waals surface area (Å²) in [6, 6.07) is 9.64. The second-order valence-electron chi connectivity index (χ2n) is 3.51. The van der Waals surface area contributed by atoms with Gasteiger partial charge >= 0.3 is 0 Å². The summed E-state index contributed by atoms with van der Waals surface area (Å²) in [4.78, 5) is 0. The van der Waals surface area contributed by atoms with Crippen molar-refractivity contribution in [1.29, 1.82) is 0 Å². The predicted molar refractivity (Wildman–Crippen MR) is 61.1 cm³/mol. The number of ether oxygens (including phenoxy) is 1. The van der Waals surface area contributed by atoms with Crippen molar-refractivity contribution in [3.05, 3.63) is 41.6 Å². The van der Waals surface area contributed by atoms with Crippen molar-refractivity contribution < 1.29 is 9.26 Å². The Kier molecular flexibility index (Phi) is 3.10. The van der Waals surface area contributed by atoms with Gasteiger partial charge in [0.1, 0.15) is 18.1 Å². The number of aryl methyl sites for hydroxylation is 1. The van der Waals surface area contributed by atoms with Crippen molar-refractivity contribution in [2.45, 2.75) is 20.0 Å². The summed E-state index contributed by atoms with van der Waals surface area (Å²) in [5.41, 5.74) is 7.38. The molecule has 0 aliphatic carbocycles. The fourth-order valence-corrected chi connectivity index (χ4v) is 1.37. The van der Waals surface area contributed by atoms with E-state index in [9.17, 15) is 0 Å². The number of rotatable bonds is 4. The van der Waals surface area contributed by atoms with Crippen molar-refractivity contribution in [2.75, 3.05) is 5.73 Å². The van der Waals surface area contributed by atoms with Crippen LogP contribution in [-0.4, -0.2) is 5.16 Å². The Morgan fingerprint density at radius 3 is 2.62 bits per heavy atom. The molecule has 0 aliphatic rings. The molecule has 1 heterocycles. The molecule has 4 nitrogen and oxygen atoms in total. The predicted octanol–water partition coefficient (Wildman–Crippen LogP) is 2.40. The molecule has 0 spiro atoms. The molecule has 0 atom stereocenters. The number of nitrogens with zero attached hydrogens (tertiary/aromatic N) is 1. The minimum Gasteiger partial charge on any atom is -0.487 e. The summed E-state index contributed by atoms with van der Waals surface area (Å²) in [6.45, 7) is 2.49. The summed E-state index contributed by atoms with van der Waals surface area (Å²) in [7, 11) is 0. The molecular formula is C12H14N2O2. The Bertz CT molecular complexity index is 448. The van der Waals surface area contributed by atoms with E-state index in [1.54, 1.807) is 6.07 Å². The first-order valence-corrected chi connectivity index (χ1v) is 5.20. The van der Waals surface area contributed by atoms with Crippen molar-refractivity contribution in [2.24, 2.45) is 0 Å². The molecule has 0 fully saturated rings. The van der Waals surface area contributed by atoms with Crippen LogP contribution in [0.5, 0.6) is 5.75 Å². The maximum Gasteiger partial charge on any atom is 0.222 e. The molecule has 84 valence electrons. The first-order valence-electron chi connectivity index (χ1n) is 5.20. The highest BCUT2D eigenvalue weighted by atomic mass is 16.5. The van der Waals surface area contributed by atoms with Crippen molar-refractivity contribution in [3.8, 4) is 5.75 Å². The van der Waals surface area contributed by atoms with E-state index in [2.05, 4.69) is 12.1 Å². The lowest BCUT2D eigenvalue weighted by Crippen LogP contribution is -1.95. The first kappa shape index (κ1) is 10.5. The molecule has 0 aliphatic heterocycles. The lowest BCUT2D eigenvalue weighted by Gasteiger charge is -2.04. The van der Waals surface area contributed by atoms with Crippen molar-refractivity contribution in [3.63, 3.8) is 0 Å². The van der Waals surface area contributed by atoms with Crippen LogP contribution in [0.4, 0.5) is 5.88 Å². The molecule has 1 aromatic carbocycles. The monoisotopic (exact) mass is 218 g/mol. The first-order chi connectivity index (χ1) is 7.78. The van der Waals surface area contributed by atoms with E-state index < -0.39 is 0 Å². The smallest absolute Gasteiger partial charge is 0.222 e. The molecule has 4 heteroatoms. The highest BCUT2D eigenvalue weighted by Crippen LogP contribution is 2.14. The lowest BCUT2D eigenvalue weighted by molar-refractivity contribution is 0.290. The van der Waals surface area contributed by atoms with Crippen LogP contribution in [0.1, 0.15) is 18.2 Å². The molecule has 0 radical (unpaired) electrons. The van der Waals surface area contributed by atoms with Gasteiger partial charge < -0.3 is 15.0 Å². The molecule has 1 aromatic heterocycles. The molecule has 2 N–H and O–H groups in total. The Labute approximate surface area is 94.0 Å². The molecule has 0 saturated carbocycles. The second-order valence-corrected chi connectivity index (χ2v) is 3.51. The van der Waals surface area contributed by atoms with E-state index in [1.807, 2.05) is 24.3 Å². The summed E-state index contributed by atoms with van der Waals surface area (Å²) < 4.78 is 10.3. The number of anilines is 1. The third-order valence-corrected chi connectivity index (χ3v) is 2.30. The van der Waals surface area contributed by atoms with Crippen LogP contribution < -0.4 is 10.5 Å². The molecule has 0 saturated heterocycles. The fourth-order valence-electron chi connectivity index (χ4n) is 1.37. The average Bonchev–Trinajstić information content (AvgIpc) is 2.73. The van der Waals surface area contributed by atoms with Gasteiger partial charge in [0, 0.05) is 6.07 Å². The molecule has 2 aromatic rings. The molecule has 16 heavy (non-hydrogen) atoms. The third kappa shape index (κ3) is 2.53. The molecule has 0 amide bonds. The Morgan fingerprint density at radius 2 is 2.06 bits per heavy atom. The minimum atomic E-state index is 0.305. The van der Waals surface area contributed by atoms with Crippen LogP contribution in [0.25, 0.3) is 0 Å². The van der Waals surface area contributed by atoms with Gasteiger partial charge in [-0.2, -0.15) is 0 Å². The quantitative estimate of drug-likeness (QED) is 0.855. The van der Waals surface area contributed by atoms with Crippen molar-refractivity contribution >= 4 is 5.88 Å². The van der Waals surface area contributed by atoms with Gasteiger partial charge in [0.15, 0.2) is 0 Å². The number of nitrogens with two attached hydrogens (primary N) is 1. The summed E-state index contributed by atoms with van der Waals surface area (Å²) in [5.74, 6) is 1.12. The molecule has 0 bridgehead atoms. The average molecular weight is 218 g/mol. The van der Waals surface area contributed by atoms with Crippen LogP contribution in [0.3, 0.4) is 0 Å². The van der Waals surface area contributed by atoms with Crippen molar-refractivity contribution in [1.82, 2.24) is 5.16 Å². The van der Waals surface area contributed by atoms with E-state index >= 15 is 0 Å². The maximum absolute atomic E-state index is 5.53. The topological polar surface area (TPSA) is 61.3 Å². The molecule has 0 unspecified atom stereocenters. The van der Waals surface area contributed by atoms with Gasteiger partial charge in [-0.3, -0.25) is 0 Å². The second kappa shape index (κ2) is 4.70. The van der Waals surface area contributed by atoms with Gasteiger partial charge in [-0.15, -0.1) is 0 Å². The van der Waals surface area contributed by atoms with Crippen LogP contribution in [0.2, 0.25) is 0 Å². The minimum absolute atomic E-state index is 0.305. The van der Waals surface area contributed by atoms with Gasteiger partial charge in [-0.1, -0.05) is 24.2 Å². The maximum atomic E-state index is 5.53. The Balaban J connectivity index is 1.94. The lowest BCUT2D eigenvalue weighted by atomic mass is 10.2. The van der Waals surface area contributed by atoms with Gasteiger partial charge in [0.05, 0.1) is 0 Å². The zero-order valence-electron chi connectivity index (χ0n) is 9.14. The van der Waals surface area contributed by atoms with Gasteiger partial charge in [0.25, 0.3) is 0 Å². The van der Waals surface area contributed by atoms with E-state index in [0.29, 0.717) is 18.2 Å². The largest absolute Gasteiger partial charge is 0.487 e. The zero-order chi connectivity index (χ0) is 11.4. The standard InChI is InChI=1S/C12H14N2O2/c1-2-9-3-5-11(6-4-9)15-8-10-7-12(13)16-14-10/h3-7H,2,8,13H2,1H3. The third-order valence-electron chi connectivity index (χ3n) is 2.30.